The Morgan fingerprint density at radius 1 is 1.53 bits per heavy atom. The molecule has 2 aromatic heterocycles. The van der Waals surface area contributed by atoms with Crippen molar-refractivity contribution in [3.8, 4) is 0 Å². The summed E-state index contributed by atoms with van der Waals surface area (Å²) in [7, 11) is 1.89. The Bertz CT molecular complexity index is 476. The molecule has 1 atom stereocenters. The molecule has 3 N–H and O–H groups in total. The van der Waals surface area contributed by atoms with Crippen LogP contribution in [0.15, 0.2) is 18.6 Å². The largest absolute Gasteiger partial charge is 0.323 e. The highest BCUT2D eigenvalue weighted by Crippen LogP contribution is 2.11. The lowest BCUT2D eigenvalue weighted by molar-refractivity contribution is 0.596. The number of aryl methyl sites for hydroxylation is 2. The molecule has 0 saturated heterocycles. The summed E-state index contributed by atoms with van der Waals surface area (Å²) in [5.41, 5.74) is 7.10. The molecular weight excluding hydrogens is 234 g/mol. The third-order valence-corrected chi connectivity index (χ3v) is 3.38. The number of hydrogen-bond donors (Lipinski definition) is 2. The van der Waals surface area contributed by atoms with E-state index in [1.807, 2.05) is 19.4 Å². The van der Waals surface area contributed by atoms with E-state index in [1.54, 1.807) is 22.2 Å². The van der Waals surface area contributed by atoms with E-state index >= 15 is 0 Å². The van der Waals surface area contributed by atoms with Crippen molar-refractivity contribution in [1.82, 2.24) is 20.1 Å². The van der Waals surface area contributed by atoms with E-state index in [2.05, 4.69) is 22.3 Å². The van der Waals surface area contributed by atoms with Gasteiger partial charge in [0.2, 0.25) is 0 Å². The molecule has 0 bridgehead atoms. The van der Waals surface area contributed by atoms with Crippen molar-refractivity contribution in [2.75, 3.05) is 6.54 Å². The molecule has 5 nitrogen and oxygen atoms in total. The molecule has 0 amide bonds. The molecule has 6 heteroatoms. The van der Waals surface area contributed by atoms with Crippen molar-refractivity contribution in [2.24, 2.45) is 12.8 Å². The fourth-order valence-electron chi connectivity index (χ4n) is 1.57. The molecular formula is C11H17N5S. The number of hydrogen-bond acceptors (Lipinski definition) is 5. The van der Waals surface area contributed by atoms with Gasteiger partial charge < -0.3 is 11.1 Å². The summed E-state index contributed by atoms with van der Waals surface area (Å²) >= 11 is 1.71. The maximum atomic E-state index is 6.04. The molecule has 92 valence electrons. The number of nitrogens with one attached hydrogen (secondary N) is 1. The summed E-state index contributed by atoms with van der Waals surface area (Å²) in [6.07, 6.45) is 5.64. The monoisotopic (exact) mass is 251 g/mol. The second kappa shape index (κ2) is 5.39. The molecule has 2 rings (SSSR count). The Morgan fingerprint density at radius 2 is 2.35 bits per heavy atom. The highest BCUT2D eigenvalue weighted by Gasteiger charge is 2.07. The van der Waals surface area contributed by atoms with E-state index in [-0.39, 0.29) is 6.04 Å². The first-order valence-electron chi connectivity index (χ1n) is 5.51. The van der Waals surface area contributed by atoms with Gasteiger partial charge in [0.25, 0.3) is 0 Å². The molecule has 2 aromatic rings. The SMILES string of the molecule is Cc1cnc(CNCC(N)c2cnn(C)c2)s1. The molecule has 1 unspecified atom stereocenters. The van der Waals surface area contributed by atoms with Gasteiger partial charge >= 0.3 is 0 Å². The average molecular weight is 251 g/mol. The van der Waals surface area contributed by atoms with Gasteiger partial charge in [-0.3, -0.25) is 4.68 Å². The Hall–Kier alpha value is -1.24. The molecule has 0 radical (unpaired) electrons. The highest BCUT2D eigenvalue weighted by atomic mass is 32.1. The van der Waals surface area contributed by atoms with Crippen molar-refractivity contribution in [3.63, 3.8) is 0 Å². The summed E-state index contributed by atoms with van der Waals surface area (Å²) in [6.45, 7) is 3.55. The lowest BCUT2D eigenvalue weighted by Crippen LogP contribution is -2.26. The third-order valence-electron chi connectivity index (χ3n) is 2.46. The smallest absolute Gasteiger partial charge is 0.107 e. The number of nitrogens with two attached hydrogens (primary N) is 1. The van der Waals surface area contributed by atoms with Gasteiger partial charge in [-0.25, -0.2) is 4.98 Å². The van der Waals surface area contributed by atoms with Crippen LogP contribution >= 0.6 is 11.3 Å². The minimum Gasteiger partial charge on any atom is -0.323 e. The van der Waals surface area contributed by atoms with Crippen LogP contribution in [0.3, 0.4) is 0 Å². The zero-order valence-electron chi connectivity index (χ0n) is 10.1. The molecule has 0 aliphatic rings. The first-order chi connectivity index (χ1) is 8.15. The van der Waals surface area contributed by atoms with Crippen LogP contribution in [0.4, 0.5) is 0 Å². The van der Waals surface area contributed by atoms with E-state index in [0.717, 1.165) is 23.7 Å². The average Bonchev–Trinajstić information content (AvgIpc) is 2.88. The summed E-state index contributed by atoms with van der Waals surface area (Å²) in [6, 6.07) is -0.0234. The number of aromatic nitrogens is 3. The first kappa shape index (κ1) is 12.2. The van der Waals surface area contributed by atoms with Crippen LogP contribution < -0.4 is 11.1 Å². The Balaban J connectivity index is 1.78. The van der Waals surface area contributed by atoms with E-state index in [0.29, 0.717) is 0 Å². The highest BCUT2D eigenvalue weighted by molar-refractivity contribution is 7.11. The summed E-state index contributed by atoms with van der Waals surface area (Å²) in [5, 5.41) is 8.51. The Morgan fingerprint density at radius 3 is 2.94 bits per heavy atom. The fourth-order valence-corrected chi connectivity index (χ4v) is 2.32. The van der Waals surface area contributed by atoms with Gasteiger partial charge in [0.1, 0.15) is 5.01 Å². The molecule has 0 aromatic carbocycles. The van der Waals surface area contributed by atoms with Crippen molar-refractivity contribution < 1.29 is 0 Å². The van der Waals surface area contributed by atoms with Gasteiger partial charge in [-0.1, -0.05) is 0 Å². The van der Waals surface area contributed by atoms with Crippen LogP contribution in [0, 0.1) is 6.92 Å². The standard InChI is InChI=1S/C11H17N5S/c1-8-3-14-11(17-8)6-13-5-10(12)9-4-15-16(2)7-9/h3-4,7,10,13H,5-6,12H2,1-2H3. The van der Waals surface area contributed by atoms with Gasteiger partial charge in [0, 0.05) is 49.0 Å². The van der Waals surface area contributed by atoms with Crippen LogP contribution in [0.25, 0.3) is 0 Å². The van der Waals surface area contributed by atoms with E-state index in [1.165, 1.54) is 4.88 Å². The maximum Gasteiger partial charge on any atom is 0.107 e. The lowest BCUT2D eigenvalue weighted by atomic mass is 10.2. The van der Waals surface area contributed by atoms with Crippen LogP contribution in [0.5, 0.6) is 0 Å². The second-order valence-corrected chi connectivity index (χ2v) is 5.37. The second-order valence-electron chi connectivity index (χ2n) is 4.05. The van der Waals surface area contributed by atoms with Crippen LogP contribution in [-0.2, 0) is 13.6 Å². The Labute approximate surface area is 105 Å². The maximum absolute atomic E-state index is 6.04. The van der Waals surface area contributed by atoms with Crippen molar-refractivity contribution in [2.45, 2.75) is 19.5 Å². The number of nitrogens with zero attached hydrogens (tertiary/aromatic N) is 3. The molecule has 17 heavy (non-hydrogen) atoms. The van der Waals surface area contributed by atoms with Crippen LogP contribution in [0.2, 0.25) is 0 Å². The fraction of sp³-hybridized carbons (Fsp3) is 0.455. The van der Waals surface area contributed by atoms with E-state index in [9.17, 15) is 0 Å². The molecule has 0 aliphatic carbocycles. The molecule has 0 saturated carbocycles. The topological polar surface area (TPSA) is 68.8 Å². The predicted molar refractivity (Wildman–Crippen MR) is 68.7 cm³/mol. The summed E-state index contributed by atoms with van der Waals surface area (Å²) in [5.74, 6) is 0. The first-order valence-corrected chi connectivity index (χ1v) is 6.33. The van der Waals surface area contributed by atoms with Gasteiger partial charge in [-0.2, -0.15) is 5.10 Å². The van der Waals surface area contributed by atoms with Gasteiger partial charge in [-0.15, -0.1) is 11.3 Å². The van der Waals surface area contributed by atoms with Gasteiger partial charge in [0.15, 0.2) is 0 Å². The van der Waals surface area contributed by atoms with Gasteiger partial charge in [-0.05, 0) is 6.92 Å². The molecule has 0 aliphatic heterocycles. The Kier molecular flexibility index (Phi) is 3.88. The van der Waals surface area contributed by atoms with Crippen molar-refractivity contribution in [3.05, 3.63) is 34.0 Å². The number of rotatable bonds is 5. The summed E-state index contributed by atoms with van der Waals surface area (Å²) < 4.78 is 1.76. The quantitative estimate of drug-likeness (QED) is 0.831. The molecule has 2 heterocycles. The zero-order chi connectivity index (χ0) is 12.3. The lowest BCUT2D eigenvalue weighted by Gasteiger charge is -2.09. The molecule has 0 spiro atoms. The van der Waals surface area contributed by atoms with Crippen LogP contribution in [-0.4, -0.2) is 21.3 Å². The predicted octanol–water partition coefficient (Wildman–Crippen LogP) is 0.975. The zero-order valence-corrected chi connectivity index (χ0v) is 10.9. The molecule has 0 fully saturated rings. The van der Waals surface area contributed by atoms with Crippen LogP contribution in [0.1, 0.15) is 21.5 Å². The normalized spacial score (nSPS) is 12.9. The van der Waals surface area contributed by atoms with E-state index in [4.69, 9.17) is 5.73 Å². The van der Waals surface area contributed by atoms with Crippen molar-refractivity contribution in [1.29, 1.82) is 0 Å². The van der Waals surface area contributed by atoms with E-state index < -0.39 is 0 Å². The number of thiazole rings is 1. The third kappa shape index (κ3) is 3.36. The van der Waals surface area contributed by atoms with Crippen molar-refractivity contribution >= 4 is 11.3 Å². The summed E-state index contributed by atoms with van der Waals surface area (Å²) in [4.78, 5) is 5.52. The minimum absolute atomic E-state index is 0.0234. The van der Waals surface area contributed by atoms with Gasteiger partial charge in [0.05, 0.1) is 6.20 Å². The minimum atomic E-state index is -0.0234.